The predicted octanol–water partition coefficient (Wildman–Crippen LogP) is 1.97. The summed E-state index contributed by atoms with van der Waals surface area (Å²) in [6.45, 7) is 1.41. The number of halogens is 3. The van der Waals surface area contributed by atoms with Gasteiger partial charge in [-0.1, -0.05) is 30.3 Å². The van der Waals surface area contributed by atoms with Crippen LogP contribution in [0.3, 0.4) is 0 Å². The molecule has 6 nitrogen and oxygen atoms in total. The van der Waals surface area contributed by atoms with E-state index in [-0.39, 0.29) is 31.0 Å². The van der Waals surface area contributed by atoms with Crippen molar-refractivity contribution in [1.82, 2.24) is 19.4 Å². The molecule has 0 amide bonds. The van der Waals surface area contributed by atoms with E-state index in [1.807, 2.05) is 6.07 Å². The van der Waals surface area contributed by atoms with Crippen LogP contribution in [0.4, 0.5) is 13.2 Å². The first-order valence-corrected chi connectivity index (χ1v) is 8.84. The Morgan fingerprint density at radius 3 is 2.40 bits per heavy atom. The molecule has 2 aromatic rings. The van der Waals surface area contributed by atoms with Crippen LogP contribution in [0.15, 0.2) is 36.4 Å². The van der Waals surface area contributed by atoms with E-state index < -0.39 is 22.1 Å². The number of alkyl halides is 3. The minimum absolute atomic E-state index is 0.0585. The van der Waals surface area contributed by atoms with Crippen LogP contribution in [0, 0.1) is 6.92 Å². The quantitative estimate of drug-likeness (QED) is 0.776. The molecule has 2 rings (SSSR count). The van der Waals surface area contributed by atoms with Crippen molar-refractivity contribution in [3.63, 3.8) is 0 Å². The molecular formula is C15H17F3N4O2S. The van der Waals surface area contributed by atoms with Gasteiger partial charge >= 0.3 is 6.18 Å². The van der Waals surface area contributed by atoms with Crippen molar-refractivity contribution in [3.8, 4) is 0 Å². The van der Waals surface area contributed by atoms with Gasteiger partial charge in [-0.05, 0) is 18.6 Å². The summed E-state index contributed by atoms with van der Waals surface area (Å²) in [6.07, 6.45) is -4.63. The van der Waals surface area contributed by atoms with Gasteiger partial charge < -0.3 is 0 Å². The van der Waals surface area contributed by atoms with Crippen LogP contribution in [0.1, 0.15) is 22.8 Å². The lowest BCUT2D eigenvalue weighted by Crippen LogP contribution is -2.37. The normalized spacial score (nSPS) is 12.3. The highest BCUT2D eigenvalue weighted by Crippen LogP contribution is 2.27. The van der Waals surface area contributed by atoms with E-state index in [0.29, 0.717) is 0 Å². The highest BCUT2D eigenvalue weighted by atomic mass is 32.2. The summed E-state index contributed by atoms with van der Waals surface area (Å²) in [5.41, 5.74) is -0.0906. The second kappa shape index (κ2) is 7.89. The van der Waals surface area contributed by atoms with Crippen molar-refractivity contribution in [2.75, 3.05) is 6.54 Å². The molecule has 136 valence electrons. The van der Waals surface area contributed by atoms with Gasteiger partial charge in [0.25, 0.3) is 10.2 Å². The second-order valence-electron chi connectivity index (χ2n) is 5.26. The average Bonchev–Trinajstić information content (AvgIpc) is 2.53. The molecule has 0 atom stereocenters. The number of nitrogens with one attached hydrogen (secondary N) is 2. The zero-order valence-electron chi connectivity index (χ0n) is 13.3. The molecule has 0 radical (unpaired) electrons. The number of aryl methyl sites for hydroxylation is 1. The number of rotatable bonds is 7. The molecule has 0 fully saturated rings. The highest BCUT2D eigenvalue weighted by Gasteiger charge is 2.33. The number of nitrogens with zero attached hydrogens (tertiary/aromatic N) is 2. The van der Waals surface area contributed by atoms with Crippen LogP contribution in [0.5, 0.6) is 0 Å². The van der Waals surface area contributed by atoms with Gasteiger partial charge in [-0.2, -0.15) is 26.3 Å². The molecule has 0 aliphatic heterocycles. The first-order chi connectivity index (χ1) is 11.7. The maximum atomic E-state index is 12.7. The van der Waals surface area contributed by atoms with E-state index >= 15 is 0 Å². The van der Waals surface area contributed by atoms with Gasteiger partial charge in [0, 0.05) is 25.2 Å². The average molecular weight is 374 g/mol. The van der Waals surface area contributed by atoms with E-state index in [1.54, 1.807) is 24.3 Å². The Kier molecular flexibility index (Phi) is 6.09. The van der Waals surface area contributed by atoms with Gasteiger partial charge in [-0.3, -0.25) is 0 Å². The maximum absolute atomic E-state index is 12.7. The molecule has 0 aliphatic carbocycles. The molecule has 0 bridgehead atoms. The standard InChI is InChI=1S/C15H17F3N4O2S/c1-11-9-13(15(16,17)18)22-14(21-11)7-8-19-25(23,24)20-10-12-5-3-2-4-6-12/h2-6,9,19-20H,7-8,10H2,1H3. The summed E-state index contributed by atoms with van der Waals surface area (Å²) in [5, 5.41) is 0. The van der Waals surface area contributed by atoms with Crippen LogP contribution in [-0.2, 0) is 29.4 Å². The Balaban J connectivity index is 1.90. The van der Waals surface area contributed by atoms with Crippen molar-refractivity contribution in [3.05, 3.63) is 59.2 Å². The summed E-state index contributed by atoms with van der Waals surface area (Å²) in [5.74, 6) is -0.0712. The Labute approximate surface area is 143 Å². The van der Waals surface area contributed by atoms with Gasteiger partial charge in [-0.15, -0.1) is 0 Å². The lowest BCUT2D eigenvalue weighted by molar-refractivity contribution is -0.141. The van der Waals surface area contributed by atoms with E-state index in [0.717, 1.165) is 11.6 Å². The molecule has 10 heteroatoms. The summed E-state index contributed by atoms with van der Waals surface area (Å²) in [4.78, 5) is 7.32. The molecule has 1 aromatic heterocycles. The van der Waals surface area contributed by atoms with Crippen molar-refractivity contribution >= 4 is 10.2 Å². The summed E-state index contributed by atoms with van der Waals surface area (Å²) < 4.78 is 66.4. The second-order valence-corrected chi connectivity index (χ2v) is 6.85. The Bertz CT molecular complexity index is 811. The molecular weight excluding hydrogens is 357 g/mol. The van der Waals surface area contributed by atoms with Crippen molar-refractivity contribution < 1.29 is 21.6 Å². The molecule has 2 N–H and O–H groups in total. The molecule has 25 heavy (non-hydrogen) atoms. The van der Waals surface area contributed by atoms with E-state index in [1.165, 1.54) is 6.92 Å². The number of hydrogen-bond acceptors (Lipinski definition) is 4. The highest BCUT2D eigenvalue weighted by molar-refractivity contribution is 7.87. The zero-order valence-corrected chi connectivity index (χ0v) is 14.2. The lowest BCUT2D eigenvalue weighted by atomic mass is 10.2. The minimum Gasteiger partial charge on any atom is -0.238 e. The van der Waals surface area contributed by atoms with E-state index in [4.69, 9.17) is 0 Å². The molecule has 1 aromatic carbocycles. The van der Waals surface area contributed by atoms with Crippen molar-refractivity contribution in [2.45, 2.75) is 26.1 Å². The van der Waals surface area contributed by atoms with Crippen LogP contribution in [0.2, 0.25) is 0 Å². The van der Waals surface area contributed by atoms with Gasteiger partial charge in [0.1, 0.15) is 11.5 Å². The fourth-order valence-corrected chi connectivity index (χ4v) is 2.84. The fourth-order valence-electron chi connectivity index (χ4n) is 2.01. The largest absolute Gasteiger partial charge is 0.433 e. The number of hydrogen-bond donors (Lipinski definition) is 2. The summed E-state index contributed by atoms with van der Waals surface area (Å²) in [6, 6.07) is 9.75. The molecule has 0 spiro atoms. The maximum Gasteiger partial charge on any atom is 0.433 e. The summed E-state index contributed by atoms with van der Waals surface area (Å²) >= 11 is 0. The van der Waals surface area contributed by atoms with E-state index in [9.17, 15) is 21.6 Å². The van der Waals surface area contributed by atoms with Gasteiger partial charge in [0.2, 0.25) is 0 Å². The zero-order chi connectivity index (χ0) is 18.5. The Morgan fingerprint density at radius 2 is 1.76 bits per heavy atom. The third-order valence-electron chi connectivity index (χ3n) is 3.14. The molecule has 0 unspecified atom stereocenters. The summed E-state index contributed by atoms with van der Waals surface area (Å²) in [7, 11) is -3.78. The lowest BCUT2D eigenvalue weighted by Gasteiger charge is -2.10. The fraction of sp³-hybridized carbons (Fsp3) is 0.333. The van der Waals surface area contributed by atoms with Crippen LogP contribution < -0.4 is 9.44 Å². The topological polar surface area (TPSA) is 84.0 Å². The third-order valence-corrected chi connectivity index (χ3v) is 4.25. The van der Waals surface area contributed by atoms with Crippen LogP contribution >= 0.6 is 0 Å². The Hall–Kier alpha value is -2.04. The van der Waals surface area contributed by atoms with Gasteiger partial charge in [0.15, 0.2) is 0 Å². The molecule has 0 saturated heterocycles. The first-order valence-electron chi connectivity index (χ1n) is 7.36. The molecule has 1 heterocycles. The Morgan fingerprint density at radius 1 is 1.08 bits per heavy atom. The first kappa shape index (κ1) is 19.3. The van der Waals surface area contributed by atoms with E-state index in [2.05, 4.69) is 19.4 Å². The van der Waals surface area contributed by atoms with Crippen molar-refractivity contribution in [1.29, 1.82) is 0 Å². The third kappa shape index (κ3) is 6.40. The smallest absolute Gasteiger partial charge is 0.238 e. The van der Waals surface area contributed by atoms with Gasteiger partial charge in [-0.25, -0.2) is 14.7 Å². The predicted molar refractivity (Wildman–Crippen MR) is 85.7 cm³/mol. The van der Waals surface area contributed by atoms with Crippen molar-refractivity contribution in [2.24, 2.45) is 0 Å². The van der Waals surface area contributed by atoms with Crippen LogP contribution in [0.25, 0.3) is 0 Å². The SMILES string of the molecule is Cc1cc(C(F)(F)F)nc(CCNS(=O)(=O)NCc2ccccc2)n1. The molecule has 0 saturated carbocycles. The molecule has 0 aliphatic rings. The minimum atomic E-state index is -4.57. The number of benzene rings is 1. The number of aromatic nitrogens is 2. The van der Waals surface area contributed by atoms with Crippen LogP contribution in [-0.4, -0.2) is 24.9 Å². The monoisotopic (exact) mass is 374 g/mol. The van der Waals surface area contributed by atoms with Gasteiger partial charge in [0.05, 0.1) is 0 Å².